The summed E-state index contributed by atoms with van der Waals surface area (Å²) in [5, 5.41) is 9.05. The number of carbonyl (C=O) groups excluding carboxylic acids is 1. The Labute approximate surface area is 85.7 Å². The lowest BCUT2D eigenvalue weighted by molar-refractivity contribution is -0.130. The highest BCUT2D eigenvalue weighted by Gasteiger charge is 2.24. The summed E-state index contributed by atoms with van der Waals surface area (Å²) < 4.78 is 0. The van der Waals surface area contributed by atoms with E-state index in [0.717, 1.165) is 0 Å². The molecule has 0 atom stereocenters. The SMILES string of the molecule is CC=CC=CC(=O)N(C)C(C)(C)CO. The van der Waals surface area contributed by atoms with E-state index in [1.807, 2.05) is 26.8 Å². The molecule has 0 aliphatic carbocycles. The fourth-order valence-corrected chi connectivity index (χ4v) is 0.765. The van der Waals surface area contributed by atoms with Gasteiger partial charge in [0.05, 0.1) is 12.1 Å². The third-order valence-electron chi connectivity index (χ3n) is 2.17. The van der Waals surface area contributed by atoms with Gasteiger partial charge in [0, 0.05) is 13.1 Å². The van der Waals surface area contributed by atoms with Crippen molar-refractivity contribution in [2.45, 2.75) is 26.3 Å². The van der Waals surface area contributed by atoms with Crippen molar-refractivity contribution in [3.05, 3.63) is 24.3 Å². The predicted octanol–water partition coefficient (Wildman–Crippen LogP) is 1.35. The molecule has 14 heavy (non-hydrogen) atoms. The van der Waals surface area contributed by atoms with Gasteiger partial charge < -0.3 is 10.0 Å². The molecule has 0 aromatic carbocycles. The lowest BCUT2D eigenvalue weighted by Gasteiger charge is -2.33. The van der Waals surface area contributed by atoms with Gasteiger partial charge in [-0.3, -0.25) is 4.79 Å². The van der Waals surface area contributed by atoms with Crippen LogP contribution in [-0.2, 0) is 4.79 Å². The Morgan fingerprint density at radius 2 is 2.00 bits per heavy atom. The van der Waals surface area contributed by atoms with Crippen LogP contribution in [0, 0.1) is 0 Å². The first kappa shape index (κ1) is 12.9. The number of aliphatic hydroxyl groups is 1. The summed E-state index contributed by atoms with van der Waals surface area (Å²) in [6.45, 7) is 5.46. The Hall–Kier alpha value is -1.09. The number of allylic oxidation sites excluding steroid dienone is 3. The van der Waals surface area contributed by atoms with Gasteiger partial charge in [-0.25, -0.2) is 0 Å². The maximum absolute atomic E-state index is 11.5. The Balaban J connectivity index is 4.40. The molecule has 1 N–H and O–H groups in total. The molecular weight excluding hydrogens is 178 g/mol. The molecule has 3 nitrogen and oxygen atoms in total. The van der Waals surface area contributed by atoms with Crippen LogP contribution in [0.2, 0.25) is 0 Å². The molecule has 0 radical (unpaired) electrons. The zero-order chi connectivity index (χ0) is 11.2. The molecule has 0 heterocycles. The molecule has 0 aliphatic rings. The molecule has 80 valence electrons. The van der Waals surface area contributed by atoms with E-state index in [1.54, 1.807) is 19.2 Å². The molecule has 0 saturated carbocycles. The quantitative estimate of drug-likeness (QED) is 0.546. The van der Waals surface area contributed by atoms with Gasteiger partial charge in [-0.15, -0.1) is 0 Å². The minimum Gasteiger partial charge on any atom is -0.394 e. The molecule has 0 aliphatic heterocycles. The predicted molar refractivity (Wildman–Crippen MR) is 57.9 cm³/mol. The minimum atomic E-state index is -0.517. The van der Waals surface area contributed by atoms with Gasteiger partial charge >= 0.3 is 0 Å². The van der Waals surface area contributed by atoms with Crippen LogP contribution in [0.25, 0.3) is 0 Å². The van der Waals surface area contributed by atoms with E-state index in [9.17, 15) is 4.79 Å². The van der Waals surface area contributed by atoms with Crippen LogP contribution in [0.15, 0.2) is 24.3 Å². The van der Waals surface area contributed by atoms with Crippen molar-refractivity contribution < 1.29 is 9.90 Å². The van der Waals surface area contributed by atoms with Crippen molar-refractivity contribution in [2.75, 3.05) is 13.7 Å². The second-order valence-electron chi connectivity index (χ2n) is 3.75. The summed E-state index contributed by atoms with van der Waals surface area (Å²) in [5.74, 6) is -0.109. The van der Waals surface area contributed by atoms with Gasteiger partial charge in [-0.05, 0) is 20.8 Å². The van der Waals surface area contributed by atoms with Crippen molar-refractivity contribution >= 4 is 5.91 Å². The molecule has 3 heteroatoms. The fraction of sp³-hybridized carbons (Fsp3) is 0.545. The van der Waals surface area contributed by atoms with E-state index in [2.05, 4.69) is 0 Å². The van der Waals surface area contributed by atoms with Crippen LogP contribution >= 0.6 is 0 Å². The maximum atomic E-state index is 11.5. The van der Waals surface area contributed by atoms with Crippen LogP contribution in [-0.4, -0.2) is 35.1 Å². The fourth-order valence-electron chi connectivity index (χ4n) is 0.765. The molecular formula is C11H19NO2. The van der Waals surface area contributed by atoms with E-state index in [0.29, 0.717) is 0 Å². The smallest absolute Gasteiger partial charge is 0.246 e. The minimum absolute atomic E-state index is 0.0489. The normalized spacial score (nSPS) is 12.6. The van der Waals surface area contributed by atoms with E-state index in [1.165, 1.54) is 11.0 Å². The molecule has 1 amide bonds. The summed E-state index contributed by atoms with van der Waals surface area (Å²) in [4.78, 5) is 13.0. The van der Waals surface area contributed by atoms with Gasteiger partial charge in [-0.2, -0.15) is 0 Å². The summed E-state index contributed by atoms with van der Waals surface area (Å²) in [5.41, 5.74) is -0.517. The van der Waals surface area contributed by atoms with Crippen LogP contribution < -0.4 is 0 Å². The zero-order valence-corrected chi connectivity index (χ0v) is 9.32. The molecule has 0 bridgehead atoms. The first-order valence-corrected chi connectivity index (χ1v) is 4.63. The Bertz CT molecular complexity index is 242. The first-order chi connectivity index (χ1) is 6.45. The summed E-state index contributed by atoms with van der Waals surface area (Å²) in [7, 11) is 1.68. The van der Waals surface area contributed by atoms with Gasteiger partial charge in [0.25, 0.3) is 0 Å². The summed E-state index contributed by atoms with van der Waals surface area (Å²) in [6, 6.07) is 0. The number of hydrogen-bond donors (Lipinski definition) is 1. The van der Waals surface area contributed by atoms with E-state index >= 15 is 0 Å². The third-order valence-corrected chi connectivity index (χ3v) is 2.17. The highest BCUT2D eigenvalue weighted by atomic mass is 16.3. The Morgan fingerprint density at radius 1 is 1.43 bits per heavy atom. The number of nitrogens with zero attached hydrogens (tertiary/aromatic N) is 1. The molecule has 0 fully saturated rings. The van der Waals surface area contributed by atoms with Crippen LogP contribution in [0.1, 0.15) is 20.8 Å². The second-order valence-corrected chi connectivity index (χ2v) is 3.75. The van der Waals surface area contributed by atoms with Crippen LogP contribution in [0.4, 0.5) is 0 Å². The molecule has 0 aromatic heterocycles. The zero-order valence-electron chi connectivity index (χ0n) is 9.32. The Kier molecular flexibility index (Phi) is 5.16. The third kappa shape index (κ3) is 3.75. The van der Waals surface area contributed by atoms with Crippen molar-refractivity contribution in [1.82, 2.24) is 4.90 Å². The van der Waals surface area contributed by atoms with Crippen molar-refractivity contribution in [3.63, 3.8) is 0 Å². The summed E-state index contributed by atoms with van der Waals surface area (Å²) in [6.07, 6.45) is 6.81. The highest BCUT2D eigenvalue weighted by Crippen LogP contribution is 2.11. The number of likely N-dealkylation sites (N-methyl/N-ethyl adjacent to an activating group) is 1. The molecule has 0 unspecified atom stereocenters. The second kappa shape index (κ2) is 5.60. The number of amides is 1. The number of rotatable bonds is 4. The van der Waals surface area contributed by atoms with Crippen molar-refractivity contribution in [2.24, 2.45) is 0 Å². The van der Waals surface area contributed by atoms with E-state index in [-0.39, 0.29) is 12.5 Å². The molecule has 0 rings (SSSR count). The van der Waals surface area contributed by atoms with Gasteiger partial charge in [0.2, 0.25) is 5.91 Å². The van der Waals surface area contributed by atoms with E-state index < -0.39 is 5.54 Å². The lowest BCUT2D eigenvalue weighted by Crippen LogP contribution is -2.47. The Morgan fingerprint density at radius 3 is 2.43 bits per heavy atom. The van der Waals surface area contributed by atoms with E-state index in [4.69, 9.17) is 5.11 Å². The van der Waals surface area contributed by atoms with Crippen molar-refractivity contribution in [3.8, 4) is 0 Å². The topological polar surface area (TPSA) is 40.5 Å². The molecule has 0 spiro atoms. The standard InChI is InChI=1S/C11H19NO2/c1-5-6-7-8-10(14)12(4)11(2,3)9-13/h5-8,13H,9H2,1-4H3. The van der Waals surface area contributed by atoms with Gasteiger partial charge in [-0.1, -0.05) is 18.2 Å². The number of aliphatic hydroxyl groups excluding tert-OH is 1. The van der Waals surface area contributed by atoms with Crippen LogP contribution in [0.3, 0.4) is 0 Å². The van der Waals surface area contributed by atoms with Gasteiger partial charge in [0.15, 0.2) is 0 Å². The summed E-state index contributed by atoms with van der Waals surface area (Å²) >= 11 is 0. The molecule has 0 aromatic rings. The average molecular weight is 197 g/mol. The first-order valence-electron chi connectivity index (χ1n) is 4.63. The number of hydrogen-bond acceptors (Lipinski definition) is 2. The molecule has 0 saturated heterocycles. The van der Waals surface area contributed by atoms with Crippen molar-refractivity contribution in [1.29, 1.82) is 0 Å². The average Bonchev–Trinajstić information content (AvgIpc) is 2.17. The largest absolute Gasteiger partial charge is 0.394 e. The van der Waals surface area contributed by atoms with Crippen LogP contribution in [0.5, 0.6) is 0 Å². The maximum Gasteiger partial charge on any atom is 0.246 e. The number of carbonyl (C=O) groups is 1. The lowest BCUT2D eigenvalue weighted by atomic mass is 10.1. The highest BCUT2D eigenvalue weighted by molar-refractivity contribution is 5.88. The monoisotopic (exact) mass is 197 g/mol. The van der Waals surface area contributed by atoms with Gasteiger partial charge in [0.1, 0.15) is 0 Å².